The molecule has 4 rings (SSSR count). The third-order valence-electron chi connectivity index (χ3n) is 7.56. The number of rotatable bonds is 6. The van der Waals surface area contributed by atoms with E-state index in [0.717, 1.165) is 31.1 Å². The molecule has 2 atom stereocenters. The standard InChI is InChI=1S/C26H42BN5O5/c1-17(30-23(34)35-24(2,3)4)21(33)31-13-9-10-20(16-31)32(19-11-12-19)22-28-14-18(15-29-22)27-36-25(5,6)26(7,8)37-27/h14-15,17,19-20H,9-13,16H2,1-8H3,(H,30,34)/t17-,20-/m1/s1. The van der Waals surface area contributed by atoms with Gasteiger partial charge in [0.1, 0.15) is 11.6 Å². The summed E-state index contributed by atoms with van der Waals surface area (Å²) in [6, 6.07) is -0.180. The molecule has 2 amide bonds. The summed E-state index contributed by atoms with van der Waals surface area (Å²) in [7, 11) is -0.504. The monoisotopic (exact) mass is 515 g/mol. The number of likely N-dealkylation sites (tertiary alicyclic amines) is 1. The van der Waals surface area contributed by atoms with E-state index in [1.165, 1.54) is 0 Å². The van der Waals surface area contributed by atoms with Crippen molar-refractivity contribution in [1.29, 1.82) is 0 Å². The van der Waals surface area contributed by atoms with Crippen LogP contribution in [-0.4, -0.2) is 82.0 Å². The molecule has 10 nitrogen and oxygen atoms in total. The molecule has 0 spiro atoms. The maximum Gasteiger partial charge on any atom is 0.498 e. The molecule has 2 aliphatic heterocycles. The SMILES string of the molecule is C[C@@H](NC(=O)OC(C)(C)C)C(=O)N1CCC[C@@H](N(c2ncc(B3OC(C)(C)C(C)(C)O3)cn2)C2CC2)C1. The number of alkyl carbamates (subject to hydrolysis) is 1. The van der Waals surface area contributed by atoms with E-state index in [4.69, 9.17) is 24.0 Å². The van der Waals surface area contributed by atoms with Crippen LogP contribution in [0.1, 0.15) is 81.1 Å². The van der Waals surface area contributed by atoms with Gasteiger partial charge in [0.2, 0.25) is 11.9 Å². The molecule has 0 bridgehead atoms. The predicted molar refractivity (Wildman–Crippen MR) is 142 cm³/mol. The smallest absolute Gasteiger partial charge is 0.444 e. The van der Waals surface area contributed by atoms with Gasteiger partial charge in [-0.3, -0.25) is 4.79 Å². The van der Waals surface area contributed by atoms with Gasteiger partial charge in [-0.2, -0.15) is 0 Å². The summed E-state index contributed by atoms with van der Waals surface area (Å²) in [6.45, 7) is 16.4. The largest absolute Gasteiger partial charge is 0.498 e. The normalized spacial score (nSPS) is 23.9. The van der Waals surface area contributed by atoms with Crippen molar-refractivity contribution in [3.63, 3.8) is 0 Å². The minimum Gasteiger partial charge on any atom is -0.444 e. The highest BCUT2D eigenvalue weighted by atomic mass is 16.7. The van der Waals surface area contributed by atoms with Crippen LogP contribution in [0.5, 0.6) is 0 Å². The Labute approximate surface area is 221 Å². The minimum atomic E-state index is -0.668. The van der Waals surface area contributed by atoms with E-state index in [9.17, 15) is 9.59 Å². The van der Waals surface area contributed by atoms with Gasteiger partial charge in [-0.05, 0) is 81.1 Å². The fraction of sp³-hybridized carbons (Fsp3) is 0.769. The van der Waals surface area contributed by atoms with Crippen molar-refractivity contribution in [2.75, 3.05) is 18.0 Å². The highest BCUT2D eigenvalue weighted by Crippen LogP contribution is 2.37. The van der Waals surface area contributed by atoms with Crippen LogP contribution in [0, 0.1) is 0 Å². The molecule has 2 saturated heterocycles. The number of carbonyl (C=O) groups is 2. The number of nitrogens with zero attached hydrogens (tertiary/aromatic N) is 4. The Balaban J connectivity index is 1.41. The summed E-state index contributed by atoms with van der Waals surface area (Å²) in [5.41, 5.74) is -0.680. The molecular formula is C26H42BN5O5. The lowest BCUT2D eigenvalue weighted by atomic mass is 9.81. The molecule has 1 aromatic rings. The zero-order chi connectivity index (χ0) is 27.2. The Morgan fingerprint density at radius 2 is 1.70 bits per heavy atom. The van der Waals surface area contributed by atoms with Gasteiger partial charge >= 0.3 is 13.2 Å². The van der Waals surface area contributed by atoms with Gasteiger partial charge in [0.15, 0.2) is 0 Å². The van der Waals surface area contributed by atoms with Gasteiger partial charge < -0.3 is 29.2 Å². The number of aromatic nitrogens is 2. The summed E-state index contributed by atoms with van der Waals surface area (Å²) in [5, 5.41) is 2.67. The highest BCUT2D eigenvalue weighted by Gasteiger charge is 2.52. The van der Waals surface area contributed by atoms with Crippen LogP contribution >= 0.6 is 0 Å². The lowest BCUT2D eigenvalue weighted by Crippen LogP contribution is -2.55. The minimum absolute atomic E-state index is 0.108. The second-order valence-corrected chi connectivity index (χ2v) is 12.5. The van der Waals surface area contributed by atoms with E-state index in [1.54, 1.807) is 40.1 Å². The molecule has 0 radical (unpaired) electrons. The van der Waals surface area contributed by atoms with Crippen molar-refractivity contribution >= 4 is 30.5 Å². The first-order valence-electron chi connectivity index (χ1n) is 13.4. The van der Waals surface area contributed by atoms with E-state index >= 15 is 0 Å². The summed E-state index contributed by atoms with van der Waals surface area (Å²) < 4.78 is 17.6. The fourth-order valence-corrected chi connectivity index (χ4v) is 4.74. The quantitative estimate of drug-likeness (QED) is 0.577. The van der Waals surface area contributed by atoms with Gasteiger partial charge in [0, 0.05) is 43.0 Å². The van der Waals surface area contributed by atoms with E-state index < -0.39 is 36.1 Å². The number of amides is 2. The molecular weight excluding hydrogens is 473 g/mol. The summed E-state index contributed by atoms with van der Waals surface area (Å²) in [5.74, 6) is 0.560. The van der Waals surface area contributed by atoms with Gasteiger partial charge in [-0.1, -0.05) is 0 Å². The molecule has 204 valence electrons. The Kier molecular flexibility index (Phi) is 7.51. The van der Waals surface area contributed by atoms with Crippen molar-refractivity contribution in [3.8, 4) is 0 Å². The van der Waals surface area contributed by atoms with Crippen LogP contribution in [0.25, 0.3) is 0 Å². The highest BCUT2D eigenvalue weighted by molar-refractivity contribution is 6.61. The van der Waals surface area contributed by atoms with E-state index in [2.05, 4.69) is 10.2 Å². The molecule has 0 aromatic carbocycles. The molecule has 3 fully saturated rings. The summed E-state index contributed by atoms with van der Waals surface area (Å²) in [4.78, 5) is 38.9. The molecule has 1 aliphatic carbocycles. The average Bonchev–Trinajstić information content (AvgIpc) is 3.59. The third-order valence-corrected chi connectivity index (χ3v) is 7.56. The first kappa shape index (κ1) is 27.6. The Hall–Kier alpha value is -2.40. The Morgan fingerprint density at radius 1 is 1.11 bits per heavy atom. The molecule has 0 unspecified atom stereocenters. The molecule has 3 heterocycles. The van der Waals surface area contributed by atoms with Crippen molar-refractivity contribution < 1.29 is 23.6 Å². The number of piperidine rings is 1. The zero-order valence-corrected chi connectivity index (χ0v) is 23.5. The van der Waals surface area contributed by atoms with E-state index in [-0.39, 0.29) is 11.9 Å². The van der Waals surface area contributed by atoms with Gasteiger partial charge in [-0.15, -0.1) is 0 Å². The molecule has 1 saturated carbocycles. The number of anilines is 1. The maximum absolute atomic E-state index is 13.2. The Bertz CT molecular complexity index is 976. The van der Waals surface area contributed by atoms with Crippen molar-refractivity contribution in [2.24, 2.45) is 0 Å². The van der Waals surface area contributed by atoms with Gasteiger partial charge in [0.25, 0.3) is 0 Å². The summed E-state index contributed by atoms with van der Waals surface area (Å²) >= 11 is 0. The van der Waals surface area contributed by atoms with Crippen molar-refractivity contribution in [3.05, 3.63) is 12.4 Å². The van der Waals surface area contributed by atoms with Crippen LogP contribution in [0.2, 0.25) is 0 Å². The van der Waals surface area contributed by atoms with E-state index in [0.29, 0.717) is 25.1 Å². The molecule has 1 aromatic heterocycles. The second-order valence-electron chi connectivity index (χ2n) is 12.5. The molecule has 11 heteroatoms. The molecule has 1 N–H and O–H groups in total. The predicted octanol–water partition coefficient (Wildman–Crippen LogP) is 2.65. The van der Waals surface area contributed by atoms with Crippen LogP contribution in [0.4, 0.5) is 10.7 Å². The van der Waals surface area contributed by atoms with Crippen molar-refractivity contribution in [1.82, 2.24) is 20.2 Å². The first-order valence-corrected chi connectivity index (χ1v) is 13.4. The molecule has 3 aliphatic rings. The second kappa shape index (κ2) is 10.1. The van der Waals surface area contributed by atoms with Crippen LogP contribution in [0.15, 0.2) is 12.4 Å². The van der Waals surface area contributed by atoms with Crippen LogP contribution in [0.3, 0.4) is 0 Å². The number of carbonyl (C=O) groups excluding carboxylic acids is 2. The average molecular weight is 515 g/mol. The number of nitrogens with one attached hydrogen (secondary N) is 1. The first-order chi connectivity index (χ1) is 17.2. The number of ether oxygens (including phenoxy) is 1. The topological polar surface area (TPSA) is 106 Å². The van der Waals surface area contributed by atoms with E-state index in [1.807, 2.05) is 32.6 Å². The third kappa shape index (κ3) is 6.37. The maximum atomic E-state index is 13.2. The van der Waals surface area contributed by atoms with Crippen molar-refractivity contribution in [2.45, 2.75) is 116 Å². The van der Waals surface area contributed by atoms with Gasteiger partial charge in [-0.25, -0.2) is 14.8 Å². The fourth-order valence-electron chi connectivity index (χ4n) is 4.74. The van der Waals surface area contributed by atoms with Crippen LogP contribution in [-0.2, 0) is 18.8 Å². The summed E-state index contributed by atoms with van der Waals surface area (Å²) in [6.07, 6.45) is 7.00. The van der Waals surface area contributed by atoms with Gasteiger partial charge in [0.05, 0.1) is 11.2 Å². The Morgan fingerprint density at radius 3 is 2.24 bits per heavy atom. The molecule has 37 heavy (non-hydrogen) atoms. The number of hydrogen-bond acceptors (Lipinski definition) is 8. The lowest BCUT2D eigenvalue weighted by Gasteiger charge is -2.40. The van der Waals surface area contributed by atoms with Crippen LogP contribution < -0.4 is 15.7 Å². The zero-order valence-electron chi connectivity index (χ0n) is 23.5. The number of hydrogen-bond donors (Lipinski definition) is 1. The lowest BCUT2D eigenvalue weighted by molar-refractivity contribution is -0.134.